The van der Waals surface area contributed by atoms with Gasteiger partial charge in [0.05, 0.1) is 4.92 Å². The minimum absolute atomic E-state index is 0.0215. The molecule has 2 aromatic rings. The van der Waals surface area contributed by atoms with Crippen molar-refractivity contribution < 1.29 is 4.92 Å². The first-order chi connectivity index (χ1) is 9.97. The van der Waals surface area contributed by atoms with Crippen LogP contribution in [-0.2, 0) is 13.0 Å². The molecule has 2 rings (SSSR count). The number of rotatable bonds is 6. The number of nitrogen functional groups attached to an aromatic ring is 1. The second-order valence-corrected chi connectivity index (χ2v) is 6.23. The molecule has 5 nitrogen and oxygen atoms in total. The van der Waals surface area contributed by atoms with Gasteiger partial charge in [0.15, 0.2) is 0 Å². The summed E-state index contributed by atoms with van der Waals surface area (Å²) >= 11 is 1.75. The first-order valence-electron chi connectivity index (χ1n) is 6.72. The second-order valence-electron chi connectivity index (χ2n) is 5.20. The highest BCUT2D eigenvalue weighted by molar-refractivity contribution is 7.09. The van der Waals surface area contributed by atoms with Crippen molar-refractivity contribution in [2.75, 3.05) is 12.8 Å². The van der Waals surface area contributed by atoms with Gasteiger partial charge in [0.2, 0.25) is 0 Å². The number of nitro benzene ring substituents is 1. The summed E-state index contributed by atoms with van der Waals surface area (Å²) in [5, 5.41) is 13.0. The Morgan fingerprint density at radius 2 is 2.19 bits per heavy atom. The fourth-order valence-corrected chi connectivity index (χ4v) is 2.99. The average molecular weight is 305 g/mol. The maximum Gasteiger partial charge on any atom is 0.292 e. The number of benzene rings is 1. The van der Waals surface area contributed by atoms with E-state index in [9.17, 15) is 10.1 Å². The van der Waals surface area contributed by atoms with E-state index in [1.807, 2.05) is 13.1 Å². The molecule has 0 aliphatic heterocycles. The molecule has 1 aromatic heterocycles. The summed E-state index contributed by atoms with van der Waals surface area (Å²) in [6.45, 7) is 2.82. The summed E-state index contributed by atoms with van der Waals surface area (Å²) in [4.78, 5) is 14.0. The van der Waals surface area contributed by atoms with Crippen molar-refractivity contribution >= 4 is 22.7 Å². The van der Waals surface area contributed by atoms with Crippen molar-refractivity contribution in [2.45, 2.75) is 25.9 Å². The summed E-state index contributed by atoms with van der Waals surface area (Å²) < 4.78 is 0. The summed E-state index contributed by atoms with van der Waals surface area (Å²) in [6, 6.07) is 9.55. The predicted octanol–water partition coefficient (Wildman–Crippen LogP) is 3.30. The van der Waals surface area contributed by atoms with Crippen LogP contribution in [0.2, 0.25) is 0 Å². The van der Waals surface area contributed by atoms with Gasteiger partial charge in [-0.1, -0.05) is 12.1 Å². The number of nitrogens with zero attached hydrogens (tertiary/aromatic N) is 2. The topological polar surface area (TPSA) is 72.4 Å². The number of hydrogen-bond donors (Lipinski definition) is 1. The van der Waals surface area contributed by atoms with Gasteiger partial charge in [-0.25, -0.2) is 0 Å². The maximum absolute atomic E-state index is 10.9. The number of nitrogens with two attached hydrogens (primary N) is 1. The lowest BCUT2D eigenvalue weighted by Gasteiger charge is -2.24. The molecular formula is C15H19N3O2S. The normalized spacial score (nSPS) is 12.5. The minimum atomic E-state index is -0.437. The van der Waals surface area contributed by atoms with E-state index >= 15 is 0 Å². The summed E-state index contributed by atoms with van der Waals surface area (Å²) in [5.74, 6) is 0. The van der Waals surface area contributed by atoms with Crippen LogP contribution >= 0.6 is 11.3 Å². The Labute approximate surface area is 128 Å². The summed E-state index contributed by atoms with van der Waals surface area (Å²) in [5.41, 5.74) is 6.70. The number of anilines is 1. The molecule has 0 aliphatic rings. The fraction of sp³-hybridized carbons (Fsp3) is 0.333. The molecular weight excluding hydrogens is 286 g/mol. The molecule has 1 aromatic carbocycles. The lowest BCUT2D eigenvalue weighted by Crippen LogP contribution is -2.30. The summed E-state index contributed by atoms with van der Waals surface area (Å²) in [7, 11) is 2.03. The smallest absolute Gasteiger partial charge is 0.292 e. The minimum Gasteiger partial charge on any atom is -0.393 e. The number of thiophene rings is 1. The van der Waals surface area contributed by atoms with E-state index in [0.29, 0.717) is 12.6 Å². The molecule has 6 heteroatoms. The molecule has 0 saturated carbocycles. The Bertz CT molecular complexity index is 613. The Morgan fingerprint density at radius 1 is 1.43 bits per heavy atom. The van der Waals surface area contributed by atoms with E-state index in [-0.39, 0.29) is 11.4 Å². The van der Waals surface area contributed by atoms with Crippen LogP contribution in [0.4, 0.5) is 11.4 Å². The van der Waals surface area contributed by atoms with Crippen molar-refractivity contribution in [3.05, 3.63) is 56.3 Å². The van der Waals surface area contributed by atoms with Gasteiger partial charge in [-0.3, -0.25) is 15.0 Å². The van der Waals surface area contributed by atoms with Crippen LogP contribution in [0.3, 0.4) is 0 Å². The van der Waals surface area contributed by atoms with Crippen LogP contribution in [0.1, 0.15) is 17.4 Å². The number of nitro groups is 1. The monoisotopic (exact) mass is 305 g/mol. The third kappa shape index (κ3) is 4.03. The van der Waals surface area contributed by atoms with Crippen molar-refractivity contribution in [3.63, 3.8) is 0 Å². The first-order valence-corrected chi connectivity index (χ1v) is 7.60. The molecule has 1 atom stereocenters. The van der Waals surface area contributed by atoms with Gasteiger partial charge < -0.3 is 5.73 Å². The molecule has 1 unspecified atom stereocenters. The predicted molar refractivity (Wildman–Crippen MR) is 86.5 cm³/mol. The van der Waals surface area contributed by atoms with Gasteiger partial charge in [0.1, 0.15) is 5.69 Å². The van der Waals surface area contributed by atoms with Crippen LogP contribution in [0.5, 0.6) is 0 Å². The highest BCUT2D eigenvalue weighted by Crippen LogP contribution is 2.23. The van der Waals surface area contributed by atoms with E-state index in [0.717, 1.165) is 12.0 Å². The van der Waals surface area contributed by atoms with Crippen molar-refractivity contribution in [3.8, 4) is 0 Å². The Kier molecular flexibility index (Phi) is 4.93. The number of hydrogen-bond acceptors (Lipinski definition) is 5. The zero-order valence-corrected chi connectivity index (χ0v) is 13.0. The molecule has 21 heavy (non-hydrogen) atoms. The average Bonchev–Trinajstić information content (AvgIpc) is 2.93. The molecule has 112 valence electrons. The Balaban J connectivity index is 2.03. The standard InChI is InChI=1S/C15H19N3O2S/c1-11(8-13-4-3-7-21-13)17(2)10-12-5-6-14(16)15(9-12)18(19)20/h3-7,9,11H,8,10,16H2,1-2H3. The largest absolute Gasteiger partial charge is 0.393 e. The van der Waals surface area contributed by atoms with Gasteiger partial charge in [-0.2, -0.15) is 0 Å². The van der Waals surface area contributed by atoms with Gasteiger partial charge >= 0.3 is 0 Å². The van der Waals surface area contributed by atoms with Crippen molar-refractivity contribution in [1.82, 2.24) is 4.90 Å². The Hall–Kier alpha value is -1.92. The maximum atomic E-state index is 10.9. The van der Waals surface area contributed by atoms with E-state index in [4.69, 9.17) is 5.73 Å². The van der Waals surface area contributed by atoms with E-state index < -0.39 is 4.92 Å². The summed E-state index contributed by atoms with van der Waals surface area (Å²) in [6.07, 6.45) is 0.977. The second kappa shape index (κ2) is 6.69. The molecule has 0 saturated heterocycles. The van der Waals surface area contributed by atoms with Crippen molar-refractivity contribution in [2.24, 2.45) is 0 Å². The zero-order valence-electron chi connectivity index (χ0n) is 12.2. The van der Waals surface area contributed by atoms with E-state index in [1.165, 1.54) is 4.88 Å². The van der Waals surface area contributed by atoms with Crippen molar-refractivity contribution in [1.29, 1.82) is 0 Å². The lowest BCUT2D eigenvalue weighted by molar-refractivity contribution is -0.384. The molecule has 1 heterocycles. The van der Waals surface area contributed by atoms with E-state index in [1.54, 1.807) is 23.5 Å². The highest BCUT2D eigenvalue weighted by atomic mass is 32.1. The molecule has 0 bridgehead atoms. The highest BCUT2D eigenvalue weighted by Gasteiger charge is 2.15. The lowest BCUT2D eigenvalue weighted by atomic mass is 10.1. The first kappa shape index (κ1) is 15.5. The zero-order chi connectivity index (χ0) is 15.4. The molecule has 0 spiro atoms. The van der Waals surface area contributed by atoms with Crippen LogP contribution in [-0.4, -0.2) is 22.9 Å². The number of likely N-dealkylation sites (N-methyl/N-ethyl adjacent to an activating group) is 1. The molecule has 2 N–H and O–H groups in total. The quantitative estimate of drug-likeness (QED) is 0.505. The van der Waals surface area contributed by atoms with Gasteiger partial charge in [0.25, 0.3) is 5.69 Å². The van der Waals surface area contributed by atoms with Gasteiger partial charge in [-0.05, 0) is 43.5 Å². The van der Waals surface area contributed by atoms with E-state index in [2.05, 4.69) is 29.3 Å². The molecule has 0 radical (unpaired) electrons. The molecule has 0 aliphatic carbocycles. The Morgan fingerprint density at radius 3 is 2.81 bits per heavy atom. The molecule has 0 amide bonds. The van der Waals surface area contributed by atoms with Crippen LogP contribution in [0, 0.1) is 10.1 Å². The van der Waals surface area contributed by atoms with Crippen LogP contribution < -0.4 is 5.73 Å². The van der Waals surface area contributed by atoms with Gasteiger partial charge in [0, 0.05) is 23.5 Å². The SMILES string of the molecule is CC(Cc1cccs1)N(C)Cc1ccc(N)c([N+](=O)[O-])c1. The third-order valence-electron chi connectivity index (χ3n) is 3.55. The van der Waals surface area contributed by atoms with Crippen LogP contribution in [0.15, 0.2) is 35.7 Å². The molecule has 0 fully saturated rings. The van der Waals surface area contributed by atoms with Gasteiger partial charge in [-0.15, -0.1) is 11.3 Å². The third-order valence-corrected chi connectivity index (χ3v) is 4.45. The van der Waals surface area contributed by atoms with Crippen LogP contribution in [0.25, 0.3) is 0 Å². The fourth-order valence-electron chi connectivity index (χ4n) is 2.17.